The van der Waals surface area contributed by atoms with Crippen LogP contribution in [0.3, 0.4) is 0 Å². The van der Waals surface area contributed by atoms with E-state index in [1.165, 1.54) is 17.1 Å². The fourth-order valence-corrected chi connectivity index (χ4v) is 2.36. The Hall–Kier alpha value is -0.740. The van der Waals surface area contributed by atoms with Crippen LogP contribution < -0.4 is 11.1 Å². The van der Waals surface area contributed by atoms with E-state index < -0.39 is 0 Å². The van der Waals surface area contributed by atoms with Gasteiger partial charge < -0.3 is 11.1 Å². The van der Waals surface area contributed by atoms with Crippen LogP contribution in [0.25, 0.3) is 0 Å². The van der Waals surface area contributed by atoms with Gasteiger partial charge in [-0.2, -0.15) is 11.8 Å². The molecule has 0 amide bonds. The Bertz CT molecular complexity index is 378. The van der Waals surface area contributed by atoms with E-state index in [9.17, 15) is 0 Å². The molecule has 0 saturated heterocycles. The number of aryl methyl sites for hydroxylation is 1. The molecule has 17 heavy (non-hydrogen) atoms. The topological polar surface area (TPSA) is 38.0 Å². The van der Waals surface area contributed by atoms with Crippen molar-refractivity contribution < 1.29 is 0 Å². The third-order valence-corrected chi connectivity index (χ3v) is 3.63. The smallest absolute Gasteiger partial charge is 0.106 e. The van der Waals surface area contributed by atoms with Crippen molar-refractivity contribution in [3.63, 3.8) is 0 Å². The van der Waals surface area contributed by atoms with E-state index in [1.807, 2.05) is 24.8 Å². The summed E-state index contributed by atoms with van der Waals surface area (Å²) in [7, 11) is 0. The Balaban J connectivity index is 2.55. The molecule has 2 nitrogen and oxygen atoms in total. The lowest BCUT2D eigenvalue weighted by Crippen LogP contribution is -2.14. The number of rotatable bonds is 7. The SMILES string of the molecule is CCSCCCNc1ccc(C)cc1C(N)=S. The second-order valence-corrected chi connectivity index (χ2v) is 5.72. The minimum absolute atomic E-state index is 0.458. The van der Waals surface area contributed by atoms with Crippen LogP contribution in [0.4, 0.5) is 5.69 Å². The zero-order chi connectivity index (χ0) is 12.7. The molecule has 94 valence electrons. The van der Waals surface area contributed by atoms with Crippen LogP contribution in [0.15, 0.2) is 18.2 Å². The number of nitrogens with two attached hydrogens (primary N) is 1. The summed E-state index contributed by atoms with van der Waals surface area (Å²) in [6, 6.07) is 6.16. The largest absolute Gasteiger partial charge is 0.389 e. The summed E-state index contributed by atoms with van der Waals surface area (Å²) in [6.07, 6.45) is 1.16. The Morgan fingerprint density at radius 3 is 2.88 bits per heavy atom. The van der Waals surface area contributed by atoms with Gasteiger partial charge in [-0.05, 0) is 37.0 Å². The van der Waals surface area contributed by atoms with Gasteiger partial charge in [0.2, 0.25) is 0 Å². The minimum atomic E-state index is 0.458. The summed E-state index contributed by atoms with van der Waals surface area (Å²) in [5.74, 6) is 2.38. The van der Waals surface area contributed by atoms with Gasteiger partial charge in [-0.1, -0.05) is 30.8 Å². The molecule has 0 bridgehead atoms. The molecular weight excluding hydrogens is 248 g/mol. The standard InChI is InChI=1S/C13H20N2S2/c1-3-17-8-4-7-15-12-6-5-10(2)9-11(12)13(14)16/h5-6,9,15H,3-4,7-8H2,1-2H3,(H2,14,16). The van der Waals surface area contributed by atoms with Gasteiger partial charge in [0.05, 0.1) is 0 Å². The quantitative estimate of drug-likeness (QED) is 0.588. The normalized spacial score (nSPS) is 10.2. The van der Waals surface area contributed by atoms with Gasteiger partial charge in [0.15, 0.2) is 0 Å². The van der Waals surface area contributed by atoms with E-state index >= 15 is 0 Å². The van der Waals surface area contributed by atoms with Crippen LogP contribution in [0.1, 0.15) is 24.5 Å². The zero-order valence-corrected chi connectivity index (χ0v) is 12.1. The number of hydrogen-bond acceptors (Lipinski definition) is 3. The number of hydrogen-bond donors (Lipinski definition) is 2. The number of nitrogens with one attached hydrogen (secondary N) is 1. The van der Waals surface area contributed by atoms with Crippen LogP contribution in [-0.4, -0.2) is 23.0 Å². The molecule has 0 spiro atoms. The molecule has 0 fully saturated rings. The van der Waals surface area contributed by atoms with E-state index in [1.54, 1.807) is 0 Å². The van der Waals surface area contributed by atoms with E-state index in [-0.39, 0.29) is 0 Å². The lowest BCUT2D eigenvalue weighted by atomic mass is 10.1. The van der Waals surface area contributed by atoms with Crippen molar-refractivity contribution >= 4 is 34.7 Å². The summed E-state index contributed by atoms with van der Waals surface area (Å²) in [6.45, 7) is 5.19. The Labute approximate surface area is 113 Å². The Kier molecular flexibility index (Phi) is 6.37. The molecule has 3 N–H and O–H groups in total. The van der Waals surface area contributed by atoms with Crippen molar-refractivity contribution in [1.82, 2.24) is 0 Å². The van der Waals surface area contributed by atoms with Gasteiger partial charge in [-0.3, -0.25) is 0 Å². The Morgan fingerprint density at radius 1 is 1.47 bits per heavy atom. The lowest BCUT2D eigenvalue weighted by Gasteiger charge is -2.11. The maximum absolute atomic E-state index is 5.72. The zero-order valence-electron chi connectivity index (χ0n) is 10.5. The van der Waals surface area contributed by atoms with E-state index in [2.05, 4.69) is 24.4 Å². The van der Waals surface area contributed by atoms with Crippen molar-refractivity contribution in [3.05, 3.63) is 29.3 Å². The molecule has 0 aliphatic heterocycles. The van der Waals surface area contributed by atoms with Gasteiger partial charge >= 0.3 is 0 Å². The van der Waals surface area contributed by atoms with Gasteiger partial charge in [-0.15, -0.1) is 0 Å². The highest BCUT2D eigenvalue weighted by Gasteiger charge is 2.04. The molecular formula is C13H20N2S2. The second-order valence-electron chi connectivity index (χ2n) is 3.89. The first kappa shape index (κ1) is 14.3. The first-order chi connectivity index (χ1) is 8.15. The van der Waals surface area contributed by atoms with Crippen molar-refractivity contribution in [2.75, 3.05) is 23.4 Å². The maximum atomic E-state index is 5.72. The molecule has 1 rings (SSSR count). The molecule has 1 aromatic rings. The summed E-state index contributed by atoms with van der Waals surface area (Å²) < 4.78 is 0. The van der Waals surface area contributed by atoms with E-state index in [0.29, 0.717) is 4.99 Å². The van der Waals surface area contributed by atoms with Crippen LogP contribution in [0, 0.1) is 6.92 Å². The summed E-state index contributed by atoms with van der Waals surface area (Å²) in [5, 5.41) is 3.40. The van der Waals surface area contributed by atoms with Crippen LogP contribution >= 0.6 is 24.0 Å². The highest BCUT2D eigenvalue weighted by molar-refractivity contribution is 7.99. The Morgan fingerprint density at radius 2 is 2.24 bits per heavy atom. The molecule has 4 heteroatoms. The van der Waals surface area contributed by atoms with Crippen molar-refractivity contribution in [2.24, 2.45) is 5.73 Å². The minimum Gasteiger partial charge on any atom is -0.389 e. The monoisotopic (exact) mass is 268 g/mol. The highest BCUT2D eigenvalue weighted by atomic mass is 32.2. The predicted octanol–water partition coefficient (Wildman–Crippen LogP) is 3.18. The third-order valence-electron chi connectivity index (χ3n) is 2.43. The van der Waals surface area contributed by atoms with Crippen molar-refractivity contribution in [2.45, 2.75) is 20.3 Å². The molecule has 0 saturated carbocycles. The summed E-state index contributed by atoms with van der Waals surface area (Å²) in [4.78, 5) is 0.458. The molecule has 0 atom stereocenters. The first-order valence-electron chi connectivity index (χ1n) is 5.87. The fourth-order valence-electron chi connectivity index (χ4n) is 1.56. The van der Waals surface area contributed by atoms with Crippen molar-refractivity contribution in [1.29, 1.82) is 0 Å². The van der Waals surface area contributed by atoms with Crippen molar-refractivity contribution in [3.8, 4) is 0 Å². The average Bonchev–Trinajstić information content (AvgIpc) is 2.30. The molecule has 0 aromatic heterocycles. The summed E-state index contributed by atoms with van der Waals surface area (Å²) in [5.41, 5.74) is 8.90. The number of thioether (sulfide) groups is 1. The first-order valence-corrected chi connectivity index (χ1v) is 7.43. The van der Waals surface area contributed by atoms with Gasteiger partial charge in [0.1, 0.15) is 4.99 Å². The molecule has 0 aliphatic carbocycles. The van der Waals surface area contributed by atoms with Gasteiger partial charge in [-0.25, -0.2) is 0 Å². The second kappa shape index (κ2) is 7.56. The van der Waals surface area contributed by atoms with Crippen LogP contribution in [-0.2, 0) is 0 Å². The number of thiocarbonyl (C=S) groups is 1. The fraction of sp³-hybridized carbons (Fsp3) is 0.462. The lowest BCUT2D eigenvalue weighted by molar-refractivity contribution is 0.991. The molecule has 0 unspecified atom stereocenters. The average molecular weight is 268 g/mol. The number of benzene rings is 1. The van der Waals surface area contributed by atoms with Crippen LogP contribution in [0.5, 0.6) is 0 Å². The van der Waals surface area contributed by atoms with Gasteiger partial charge in [0.25, 0.3) is 0 Å². The van der Waals surface area contributed by atoms with Crippen LogP contribution in [0.2, 0.25) is 0 Å². The highest BCUT2D eigenvalue weighted by Crippen LogP contribution is 2.17. The maximum Gasteiger partial charge on any atom is 0.106 e. The molecule has 0 radical (unpaired) electrons. The summed E-state index contributed by atoms with van der Waals surface area (Å²) >= 11 is 7.03. The molecule has 0 aliphatic rings. The number of anilines is 1. The van der Waals surface area contributed by atoms with Gasteiger partial charge in [0, 0.05) is 17.8 Å². The third kappa shape index (κ3) is 4.96. The predicted molar refractivity (Wildman–Crippen MR) is 83.2 cm³/mol. The van der Waals surface area contributed by atoms with E-state index in [0.717, 1.165) is 24.2 Å². The molecule has 0 heterocycles. The molecule has 1 aromatic carbocycles. The van der Waals surface area contributed by atoms with E-state index in [4.69, 9.17) is 18.0 Å².